The SMILES string of the molecule is O=c1[nH]c(C[C@@H]2CNCCO[C@H]2c2ccc(Cl)c(Cl)c2)no1. The molecule has 22 heavy (non-hydrogen) atoms. The lowest BCUT2D eigenvalue weighted by Gasteiger charge is -2.24. The van der Waals surface area contributed by atoms with E-state index in [1.165, 1.54) is 0 Å². The van der Waals surface area contributed by atoms with Crippen LogP contribution in [0, 0.1) is 5.92 Å². The van der Waals surface area contributed by atoms with Gasteiger partial charge in [-0.15, -0.1) is 0 Å². The molecular formula is C14H15Cl2N3O3. The Morgan fingerprint density at radius 3 is 2.91 bits per heavy atom. The number of benzene rings is 1. The molecule has 0 bridgehead atoms. The van der Waals surface area contributed by atoms with Crippen molar-refractivity contribution in [1.82, 2.24) is 15.5 Å². The molecule has 1 aliphatic heterocycles. The zero-order chi connectivity index (χ0) is 15.5. The number of aromatic nitrogens is 2. The van der Waals surface area contributed by atoms with Gasteiger partial charge in [-0.1, -0.05) is 34.4 Å². The van der Waals surface area contributed by atoms with E-state index < -0.39 is 5.76 Å². The van der Waals surface area contributed by atoms with Crippen molar-refractivity contribution < 1.29 is 9.26 Å². The van der Waals surface area contributed by atoms with E-state index in [-0.39, 0.29) is 12.0 Å². The molecule has 0 spiro atoms. The van der Waals surface area contributed by atoms with Gasteiger partial charge < -0.3 is 10.1 Å². The molecule has 1 aromatic heterocycles. The van der Waals surface area contributed by atoms with E-state index in [4.69, 9.17) is 27.9 Å². The van der Waals surface area contributed by atoms with Gasteiger partial charge in [0, 0.05) is 25.4 Å². The maximum absolute atomic E-state index is 11.1. The summed E-state index contributed by atoms with van der Waals surface area (Å²) >= 11 is 12.1. The first kappa shape index (κ1) is 15.6. The van der Waals surface area contributed by atoms with Gasteiger partial charge in [-0.25, -0.2) is 4.79 Å². The van der Waals surface area contributed by atoms with Crippen LogP contribution in [0.1, 0.15) is 17.5 Å². The molecule has 1 fully saturated rings. The molecular weight excluding hydrogens is 329 g/mol. The lowest BCUT2D eigenvalue weighted by Crippen LogP contribution is -2.26. The number of nitrogens with zero attached hydrogens (tertiary/aromatic N) is 1. The van der Waals surface area contributed by atoms with Crippen LogP contribution in [0.5, 0.6) is 0 Å². The number of hydrogen-bond acceptors (Lipinski definition) is 5. The van der Waals surface area contributed by atoms with Gasteiger partial charge in [0.15, 0.2) is 5.82 Å². The average Bonchev–Trinajstić information content (AvgIpc) is 2.76. The van der Waals surface area contributed by atoms with Gasteiger partial charge in [0.05, 0.1) is 22.8 Å². The minimum atomic E-state index is -0.552. The van der Waals surface area contributed by atoms with Crippen LogP contribution in [-0.4, -0.2) is 29.8 Å². The number of H-pyrrole nitrogens is 1. The van der Waals surface area contributed by atoms with E-state index in [0.29, 0.717) is 28.9 Å². The molecule has 2 atom stereocenters. The highest BCUT2D eigenvalue weighted by atomic mass is 35.5. The van der Waals surface area contributed by atoms with E-state index in [0.717, 1.165) is 18.7 Å². The normalized spacial score (nSPS) is 22.5. The topological polar surface area (TPSA) is 80.2 Å². The second kappa shape index (κ2) is 6.83. The largest absolute Gasteiger partial charge is 0.438 e. The van der Waals surface area contributed by atoms with Crippen molar-refractivity contribution in [3.63, 3.8) is 0 Å². The van der Waals surface area contributed by atoms with Crippen molar-refractivity contribution in [2.24, 2.45) is 5.92 Å². The fourth-order valence-electron chi connectivity index (χ4n) is 2.62. The molecule has 0 saturated carbocycles. The third-order valence-electron chi connectivity index (χ3n) is 3.62. The third-order valence-corrected chi connectivity index (χ3v) is 4.36. The summed E-state index contributed by atoms with van der Waals surface area (Å²) in [6.45, 7) is 2.10. The van der Waals surface area contributed by atoms with E-state index >= 15 is 0 Å². The molecule has 3 rings (SSSR count). The maximum Gasteiger partial charge on any atom is 0.438 e. The van der Waals surface area contributed by atoms with Crippen LogP contribution in [0.15, 0.2) is 27.5 Å². The quantitative estimate of drug-likeness (QED) is 0.892. The van der Waals surface area contributed by atoms with Crippen molar-refractivity contribution in [2.75, 3.05) is 19.7 Å². The van der Waals surface area contributed by atoms with Crippen LogP contribution in [0.2, 0.25) is 10.0 Å². The van der Waals surface area contributed by atoms with Crippen LogP contribution in [0.3, 0.4) is 0 Å². The Bertz CT molecular complexity index is 701. The van der Waals surface area contributed by atoms with Crippen LogP contribution in [0.4, 0.5) is 0 Å². The molecule has 1 saturated heterocycles. The van der Waals surface area contributed by atoms with E-state index in [1.54, 1.807) is 6.07 Å². The molecule has 0 amide bonds. The van der Waals surface area contributed by atoms with E-state index in [2.05, 4.69) is 20.0 Å². The lowest BCUT2D eigenvalue weighted by atomic mass is 9.92. The lowest BCUT2D eigenvalue weighted by molar-refractivity contribution is 0.0300. The Balaban J connectivity index is 1.86. The van der Waals surface area contributed by atoms with Gasteiger partial charge >= 0.3 is 5.76 Å². The molecule has 118 valence electrons. The molecule has 0 aliphatic carbocycles. The predicted molar refractivity (Wildman–Crippen MR) is 82.3 cm³/mol. The zero-order valence-electron chi connectivity index (χ0n) is 11.6. The number of aromatic amines is 1. The van der Waals surface area contributed by atoms with Crippen molar-refractivity contribution in [2.45, 2.75) is 12.5 Å². The highest BCUT2D eigenvalue weighted by molar-refractivity contribution is 6.42. The molecule has 0 unspecified atom stereocenters. The first-order chi connectivity index (χ1) is 10.6. The standard InChI is InChI=1S/C14H15Cl2N3O3/c15-10-2-1-8(5-11(10)16)13-9(7-17-3-4-21-13)6-12-18-14(20)22-19-12/h1-2,5,9,13,17H,3-4,6-7H2,(H,18,19,20)/t9-,13+/m1/s1. The van der Waals surface area contributed by atoms with Gasteiger partial charge in [0.25, 0.3) is 0 Å². The number of halogens is 2. The maximum atomic E-state index is 11.1. The van der Waals surface area contributed by atoms with Crippen LogP contribution in [0.25, 0.3) is 0 Å². The predicted octanol–water partition coefficient (Wildman–Crippen LogP) is 2.19. The van der Waals surface area contributed by atoms with Gasteiger partial charge in [0.1, 0.15) is 0 Å². The summed E-state index contributed by atoms with van der Waals surface area (Å²) in [5.41, 5.74) is 0.953. The molecule has 0 radical (unpaired) electrons. The summed E-state index contributed by atoms with van der Waals surface area (Å²) < 4.78 is 10.5. The van der Waals surface area contributed by atoms with Gasteiger partial charge in [-0.2, -0.15) is 0 Å². The highest BCUT2D eigenvalue weighted by Crippen LogP contribution is 2.33. The Morgan fingerprint density at radius 1 is 1.32 bits per heavy atom. The Kier molecular flexibility index (Phi) is 4.83. The monoisotopic (exact) mass is 343 g/mol. The van der Waals surface area contributed by atoms with Gasteiger partial charge in [-0.05, 0) is 17.7 Å². The molecule has 2 aromatic rings. The smallest absolute Gasteiger partial charge is 0.372 e. The van der Waals surface area contributed by atoms with Crippen LogP contribution in [-0.2, 0) is 11.2 Å². The first-order valence-corrected chi connectivity index (χ1v) is 7.71. The number of hydrogen-bond donors (Lipinski definition) is 2. The van der Waals surface area contributed by atoms with Crippen molar-refractivity contribution in [3.8, 4) is 0 Å². The summed E-state index contributed by atoms with van der Waals surface area (Å²) in [4.78, 5) is 13.6. The fourth-order valence-corrected chi connectivity index (χ4v) is 2.93. The van der Waals surface area contributed by atoms with E-state index in [9.17, 15) is 4.79 Å². The van der Waals surface area contributed by atoms with Crippen LogP contribution >= 0.6 is 23.2 Å². The summed E-state index contributed by atoms with van der Waals surface area (Å²) in [6, 6.07) is 5.48. The first-order valence-electron chi connectivity index (χ1n) is 6.95. The Labute approximate surface area is 136 Å². The molecule has 2 N–H and O–H groups in total. The summed E-state index contributed by atoms with van der Waals surface area (Å²) in [6.07, 6.45) is 0.369. The average molecular weight is 344 g/mol. The van der Waals surface area contributed by atoms with Gasteiger partial charge in [-0.3, -0.25) is 9.51 Å². The summed E-state index contributed by atoms with van der Waals surface area (Å²) in [7, 11) is 0. The Hall–Kier alpha value is -1.34. The summed E-state index contributed by atoms with van der Waals surface area (Å²) in [5.74, 6) is 0.0384. The molecule has 2 heterocycles. The molecule has 1 aromatic carbocycles. The number of nitrogens with one attached hydrogen (secondary N) is 2. The minimum absolute atomic E-state index is 0.0838. The zero-order valence-corrected chi connectivity index (χ0v) is 13.2. The second-order valence-corrected chi connectivity index (χ2v) is 5.99. The fraction of sp³-hybridized carbons (Fsp3) is 0.429. The molecule has 6 nitrogen and oxygen atoms in total. The van der Waals surface area contributed by atoms with E-state index in [1.807, 2.05) is 12.1 Å². The minimum Gasteiger partial charge on any atom is -0.372 e. The summed E-state index contributed by atoms with van der Waals surface area (Å²) in [5, 5.41) is 8.05. The second-order valence-electron chi connectivity index (χ2n) is 5.17. The highest BCUT2D eigenvalue weighted by Gasteiger charge is 2.28. The van der Waals surface area contributed by atoms with Gasteiger partial charge in [0.2, 0.25) is 0 Å². The molecule has 8 heteroatoms. The van der Waals surface area contributed by atoms with Crippen LogP contribution < -0.4 is 11.1 Å². The number of ether oxygens (including phenoxy) is 1. The van der Waals surface area contributed by atoms with Crippen molar-refractivity contribution in [1.29, 1.82) is 0 Å². The van der Waals surface area contributed by atoms with Crippen molar-refractivity contribution >= 4 is 23.2 Å². The van der Waals surface area contributed by atoms with Crippen molar-refractivity contribution in [3.05, 3.63) is 50.2 Å². The molecule has 1 aliphatic rings. The number of rotatable bonds is 3. The Morgan fingerprint density at radius 2 is 2.18 bits per heavy atom. The third kappa shape index (κ3) is 3.52.